The molecular weight excluding hydrogens is 170 g/mol. The van der Waals surface area contributed by atoms with E-state index in [0.717, 1.165) is 0 Å². The number of hydrogen-bond acceptors (Lipinski definition) is 4. The minimum Gasteiger partial charge on any atom is -0.465 e. The Hall–Kier alpha value is -1.08. The number of nitrogens with zero attached hydrogens (tertiary/aromatic N) is 1. The molecule has 0 heterocycles. The molecule has 0 aliphatic rings. The number of esters is 1. The lowest BCUT2D eigenvalue weighted by molar-refractivity contribution is -0.146. The van der Waals surface area contributed by atoms with Crippen LogP contribution in [0.25, 0.3) is 0 Å². The smallest absolute Gasteiger partial charge is 0.323 e. The Bertz CT molecular complexity index is 186. The first kappa shape index (κ1) is 11.9. The predicted octanol–water partition coefficient (Wildman–Crippen LogP) is 0.852. The molecule has 0 aliphatic carbocycles. The third-order valence-corrected chi connectivity index (χ3v) is 1.63. The Kier molecular flexibility index (Phi) is 6.93. The Labute approximate surface area is 78.1 Å². The zero-order valence-corrected chi connectivity index (χ0v) is 7.82. The summed E-state index contributed by atoms with van der Waals surface area (Å²) < 4.78 is 4.70. The van der Waals surface area contributed by atoms with Gasteiger partial charge < -0.3 is 9.84 Å². The number of aliphatic hydroxyl groups is 1. The van der Waals surface area contributed by atoms with Gasteiger partial charge in [-0.3, -0.25) is 4.79 Å². The van der Waals surface area contributed by atoms with E-state index >= 15 is 0 Å². The summed E-state index contributed by atoms with van der Waals surface area (Å²) >= 11 is 0. The molecular formula is C9H15NO3. The maximum atomic E-state index is 11.1. The molecule has 0 fully saturated rings. The second-order valence-corrected chi connectivity index (χ2v) is 2.65. The van der Waals surface area contributed by atoms with Crippen molar-refractivity contribution in [2.75, 3.05) is 13.2 Å². The zero-order valence-electron chi connectivity index (χ0n) is 7.82. The number of rotatable bonds is 6. The van der Waals surface area contributed by atoms with Crippen LogP contribution in [0.5, 0.6) is 0 Å². The van der Waals surface area contributed by atoms with Crippen molar-refractivity contribution in [3.05, 3.63) is 0 Å². The van der Waals surface area contributed by atoms with E-state index < -0.39 is 11.9 Å². The van der Waals surface area contributed by atoms with E-state index in [4.69, 9.17) is 15.1 Å². The van der Waals surface area contributed by atoms with Crippen LogP contribution < -0.4 is 0 Å². The van der Waals surface area contributed by atoms with Crippen molar-refractivity contribution >= 4 is 5.97 Å². The van der Waals surface area contributed by atoms with Gasteiger partial charge in [-0.05, 0) is 26.2 Å². The summed E-state index contributed by atoms with van der Waals surface area (Å²) in [6.45, 7) is 2.11. The summed E-state index contributed by atoms with van der Waals surface area (Å²) in [5, 5.41) is 17.1. The van der Waals surface area contributed by atoms with Crippen LogP contribution >= 0.6 is 0 Å². The minimum atomic E-state index is -0.675. The molecule has 0 spiro atoms. The number of nitriles is 1. The van der Waals surface area contributed by atoms with Gasteiger partial charge in [-0.25, -0.2) is 0 Å². The van der Waals surface area contributed by atoms with Crippen molar-refractivity contribution in [1.29, 1.82) is 5.26 Å². The highest BCUT2D eigenvalue weighted by molar-refractivity contribution is 5.75. The van der Waals surface area contributed by atoms with Gasteiger partial charge in [0.1, 0.15) is 5.92 Å². The highest BCUT2D eigenvalue weighted by atomic mass is 16.5. The summed E-state index contributed by atoms with van der Waals surface area (Å²) in [4.78, 5) is 11.1. The van der Waals surface area contributed by atoms with Gasteiger partial charge >= 0.3 is 5.97 Å². The van der Waals surface area contributed by atoms with Gasteiger partial charge in [0.25, 0.3) is 0 Å². The number of unbranched alkanes of at least 4 members (excludes halogenated alkanes) is 1. The first-order chi connectivity index (χ1) is 6.26. The zero-order chi connectivity index (χ0) is 10.1. The van der Waals surface area contributed by atoms with Gasteiger partial charge in [0.2, 0.25) is 0 Å². The Morgan fingerprint density at radius 1 is 1.62 bits per heavy atom. The van der Waals surface area contributed by atoms with E-state index in [9.17, 15) is 4.79 Å². The van der Waals surface area contributed by atoms with E-state index in [1.165, 1.54) is 0 Å². The highest BCUT2D eigenvalue weighted by Gasteiger charge is 2.17. The maximum Gasteiger partial charge on any atom is 0.323 e. The number of aliphatic hydroxyl groups excluding tert-OH is 1. The predicted molar refractivity (Wildman–Crippen MR) is 46.7 cm³/mol. The molecule has 0 radical (unpaired) electrons. The van der Waals surface area contributed by atoms with E-state index in [-0.39, 0.29) is 6.61 Å². The molecule has 4 nitrogen and oxygen atoms in total. The molecule has 0 saturated heterocycles. The molecule has 13 heavy (non-hydrogen) atoms. The summed E-state index contributed by atoms with van der Waals surface area (Å²) in [6.07, 6.45) is 1.76. The third-order valence-electron chi connectivity index (χ3n) is 1.63. The van der Waals surface area contributed by atoms with Crippen molar-refractivity contribution < 1.29 is 14.6 Å². The summed E-state index contributed by atoms with van der Waals surface area (Å²) in [7, 11) is 0. The molecule has 0 rings (SSSR count). The molecule has 0 aromatic rings. The minimum absolute atomic E-state index is 0.0982. The average molecular weight is 185 g/mol. The normalized spacial score (nSPS) is 11.8. The number of carbonyl (C=O) groups is 1. The number of carbonyl (C=O) groups excluding carboxylic acids is 1. The first-order valence-electron chi connectivity index (χ1n) is 4.43. The monoisotopic (exact) mass is 185 g/mol. The van der Waals surface area contributed by atoms with Gasteiger partial charge in [-0.2, -0.15) is 5.26 Å². The molecule has 1 N–H and O–H groups in total. The van der Waals surface area contributed by atoms with Crippen molar-refractivity contribution in [1.82, 2.24) is 0 Å². The molecule has 74 valence electrons. The Balaban J connectivity index is 3.76. The van der Waals surface area contributed by atoms with E-state index in [2.05, 4.69) is 0 Å². The van der Waals surface area contributed by atoms with Crippen LogP contribution in [0.15, 0.2) is 0 Å². The van der Waals surface area contributed by atoms with Crippen molar-refractivity contribution in [3.63, 3.8) is 0 Å². The molecule has 1 unspecified atom stereocenters. The summed E-state index contributed by atoms with van der Waals surface area (Å²) in [5.74, 6) is -1.13. The van der Waals surface area contributed by atoms with Gasteiger partial charge in [0, 0.05) is 6.61 Å². The lowest BCUT2D eigenvalue weighted by Crippen LogP contribution is -2.16. The summed E-state index contributed by atoms with van der Waals surface area (Å²) in [6, 6.07) is 1.89. The SMILES string of the molecule is CCOC(=O)C(C#N)CCCCO. The molecule has 0 saturated carbocycles. The second-order valence-electron chi connectivity index (χ2n) is 2.65. The second kappa shape index (κ2) is 7.56. The van der Waals surface area contributed by atoms with Crippen LogP contribution in [0.3, 0.4) is 0 Å². The van der Waals surface area contributed by atoms with Crippen LogP contribution in [0.4, 0.5) is 0 Å². The molecule has 0 bridgehead atoms. The van der Waals surface area contributed by atoms with Gasteiger partial charge in [-0.15, -0.1) is 0 Å². The lowest BCUT2D eigenvalue weighted by atomic mass is 10.0. The van der Waals surface area contributed by atoms with Crippen LogP contribution in [-0.2, 0) is 9.53 Å². The van der Waals surface area contributed by atoms with Crippen LogP contribution in [0.1, 0.15) is 26.2 Å². The molecule has 0 amide bonds. The third kappa shape index (κ3) is 5.21. The fourth-order valence-corrected chi connectivity index (χ4v) is 0.938. The molecule has 0 aliphatic heterocycles. The van der Waals surface area contributed by atoms with Crippen molar-refractivity contribution in [3.8, 4) is 6.07 Å². The van der Waals surface area contributed by atoms with E-state index in [0.29, 0.717) is 25.9 Å². The molecule has 4 heteroatoms. The van der Waals surface area contributed by atoms with Crippen molar-refractivity contribution in [2.45, 2.75) is 26.2 Å². The summed E-state index contributed by atoms with van der Waals surface area (Å²) in [5.41, 5.74) is 0. The fourth-order valence-electron chi connectivity index (χ4n) is 0.938. The van der Waals surface area contributed by atoms with Gasteiger partial charge in [-0.1, -0.05) is 0 Å². The standard InChI is InChI=1S/C9H15NO3/c1-2-13-9(12)8(7-10)5-3-4-6-11/h8,11H,2-6H2,1H3. The molecule has 1 atom stereocenters. The highest BCUT2D eigenvalue weighted by Crippen LogP contribution is 2.09. The molecule has 0 aromatic carbocycles. The Morgan fingerprint density at radius 3 is 2.77 bits per heavy atom. The van der Waals surface area contributed by atoms with Crippen LogP contribution in [-0.4, -0.2) is 24.3 Å². The van der Waals surface area contributed by atoms with Gasteiger partial charge in [0.05, 0.1) is 12.7 Å². The largest absolute Gasteiger partial charge is 0.465 e. The van der Waals surface area contributed by atoms with Crippen LogP contribution in [0, 0.1) is 17.2 Å². The van der Waals surface area contributed by atoms with E-state index in [1.54, 1.807) is 6.92 Å². The topological polar surface area (TPSA) is 70.3 Å². The molecule has 0 aromatic heterocycles. The lowest BCUT2D eigenvalue weighted by Gasteiger charge is -2.06. The van der Waals surface area contributed by atoms with E-state index in [1.807, 2.05) is 6.07 Å². The van der Waals surface area contributed by atoms with Crippen LogP contribution in [0.2, 0.25) is 0 Å². The number of hydrogen-bond donors (Lipinski definition) is 1. The fraction of sp³-hybridized carbons (Fsp3) is 0.778. The Morgan fingerprint density at radius 2 is 2.31 bits per heavy atom. The quantitative estimate of drug-likeness (QED) is 0.492. The average Bonchev–Trinajstić information content (AvgIpc) is 2.13. The maximum absolute atomic E-state index is 11.1. The van der Waals surface area contributed by atoms with Gasteiger partial charge in [0.15, 0.2) is 0 Å². The first-order valence-corrected chi connectivity index (χ1v) is 4.43. The van der Waals surface area contributed by atoms with Crippen molar-refractivity contribution in [2.24, 2.45) is 5.92 Å². The number of ether oxygens (including phenoxy) is 1.